The number of hydrogen-bond donors (Lipinski definition) is 2. The van der Waals surface area contributed by atoms with Gasteiger partial charge in [0.25, 0.3) is 5.91 Å². The van der Waals surface area contributed by atoms with E-state index < -0.39 is 0 Å². The van der Waals surface area contributed by atoms with Crippen molar-refractivity contribution in [2.45, 2.75) is 6.42 Å². The molecular weight excluding hydrogens is 256 g/mol. The van der Waals surface area contributed by atoms with Crippen molar-refractivity contribution in [1.82, 2.24) is 4.90 Å². The van der Waals surface area contributed by atoms with Crippen molar-refractivity contribution < 1.29 is 9.59 Å². The quantitative estimate of drug-likeness (QED) is 0.776. The van der Waals surface area contributed by atoms with Gasteiger partial charge in [-0.25, -0.2) is 0 Å². The van der Waals surface area contributed by atoms with Crippen LogP contribution < -0.4 is 16.4 Å². The van der Waals surface area contributed by atoms with Crippen LogP contribution in [0.15, 0.2) is 18.2 Å². The predicted octanol–water partition coefficient (Wildman–Crippen LogP) is 0.282. The zero-order valence-corrected chi connectivity index (χ0v) is 11.8. The van der Waals surface area contributed by atoms with Gasteiger partial charge < -0.3 is 21.3 Å². The molecule has 1 aromatic rings. The first-order valence-electron chi connectivity index (χ1n) is 6.55. The van der Waals surface area contributed by atoms with Gasteiger partial charge in [-0.2, -0.15) is 0 Å². The van der Waals surface area contributed by atoms with E-state index in [1.807, 2.05) is 25.1 Å². The normalized spacial score (nSPS) is 18.1. The number of amides is 2. The standard InChI is InChI=1S/C14H20N4O2/c1-17(2)12-4-3-9(7-11(12)15)14(20)18-6-5-10(8-18)13(16)19/h3-4,7,10H,5-6,8,15H2,1-2H3,(H2,16,19). The van der Waals surface area contributed by atoms with E-state index >= 15 is 0 Å². The minimum Gasteiger partial charge on any atom is -0.397 e. The van der Waals surface area contributed by atoms with E-state index in [4.69, 9.17) is 11.5 Å². The Morgan fingerprint density at radius 3 is 2.55 bits per heavy atom. The molecule has 1 aromatic carbocycles. The number of nitrogens with two attached hydrogens (primary N) is 2. The van der Waals surface area contributed by atoms with Crippen LogP contribution in [0.3, 0.4) is 0 Å². The summed E-state index contributed by atoms with van der Waals surface area (Å²) in [5, 5.41) is 0. The maximum absolute atomic E-state index is 12.4. The number of rotatable bonds is 3. The van der Waals surface area contributed by atoms with Gasteiger partial charge in [0.05, 0.1) is 17.3 Å². The first-order chi connectivity index (χ1) is 9.40. The minimum atomic E-state index is -0.345. The average Bonchev–Trinajstić information content (AvgIpc) is 2.87. The van der Waals surface area contributed by atoms with Crippen LogP contribution in [0.4, 0.5) is 11.4 Å². The number of primary amides is 1. The number of benzene rings is 1. The largest absolute Gasteiger partial charge is 0.397 e. The summed E-state index contributed by atoms with van der Waals surface area (Å²) in [6.07, 6.45) is 0.631. The van der Waals surface area contributed by atoms with Crippen molar-refractivity contribution in [2.75, 3.05) is 37.8 Å². The zero-order valence-electron chi connectivity index (χ0n) is 11.8. The summed E-state index contributed by atoms with van der Waals surface area (Å²) in [6.45, 7) is 0.950. The molecule has 2 amide bonds. The van der Waals surface area contributed by atoms with E-state index in [1.54, 1.807) is 17.0 Å². The monoisotopic (exact) mass is 276 g/mol. The Balaban J connectivity index is 2.14. The number of carbonyl (C=O) groups excluding carboxylic acids is 2. The van der Waals surface area contributed by atoms with E-state index in [-0.39, 0.29) is 17.7 Å². The first kappa shape index (κ1) is 14.2. The van der Waals surface area contributed by atoms with Crippen molar-refractivity contribution in [3.8, 4) is 0 Å². The molecule has 1 aliphatic rings. The molecule has 6 nitrogen and oxygen atoms in total. The molecule has 0 spiro atoms. The summed E-state index contributed by atoms with van der Waals surface area (Å²) in [4.78, 5) is 27.0. The molecule has 1 fully saturated rings. The van der Waals surface area contributed by atoms with Gasteiger partial charge in [0.1, 0.15) is 0 Å². The maximum atomic E-state index is 12.4. The number of nitrogen functional groups attached to an aromatic ring is 1. The van der Waals surface area contributed by atoms with Crippen LogP contribution in [-0.4, -0.2) is 43.9 Å². The van der Waals surface area contributed by atoms with Crippen LogP contribution in [0.25, 0.3) is 0 Å². The fourth-order valence-electron chi connectivity index (χ4n) is 2.45. The lowest BCUT2D eigenvalue weighted by atomic mass is 10.1. The van der Waals surface area contributed by atoms with E-state index in [1.165, 1.54) is 0 Å². The highest BCUT2D eigenvalue weighted by atomic mass is 16.2. The van der Waals surface area contributed by atoms with E-state index in [0.29, 0.717) is 30.8 Å². The molecule has 0 aromatic heterocycles. The second-order valence-electron chi connectivity index (χ2n) is 5.31. The molecule has 0 radical (unpaired) electrons. The topological polar surface area (TPSA) is 92.7 Å². The van der Waals surface area contributed by atoms with Crippen LogP contribution in [0.5, 0.6) is 0 Å². The third kappa shape index (κ3) is 2.68. The zero-order chi connectivity index (χ0) is 14.9. The summed E-state index contributed by atoms with van der Waals surface area (Å²) in [7, 11) is 3.79. The van der Waals surface area contributed by atoms with Gasteiger partial charge in [-0.1, -0.05) is 0 Å². The Labute approximate surface area is 118 Å². The van der Waals surface area contributed by atoms with Crippen molar-refractivity contribution >= 4 is 23.2 Å². The third-order valence-corrected chi connectivity index (χ3v) is 3.63. The van der Waals surface area contributed by atoms with Gasteiger partial charge in [-0.3, -0.25) is 9.59 Å². The van der Waals surface area contributed by atoms with E-state index in [0.717, 1.165) is 5.69 Å². The smallest absolute Gasteiger partial charge is 0.253 e. The van der Waals surface area contributed by atoms with Crippen LogP contribution >= 0.6 is 0 Å². The molecule has 1 aliphatic heterocycles. The van der Waals surface area contributed by atoms with Gasteiger partial charge in [-0.15, -0.1) is 0 Å². The van der Waals surface area contributed by atoms with Crippen LogP contribution in [0.2, 0.25) is 0 Å². The van der Waals surface area contributed by atoms with Crippen molar-refractivity contribution in [1.29, 1.82) is 0 Å². The number of likely N-dealkylation sites (tertiary alicyclic amines) is 1. The lowest BCUT2D eigenvalue weighted by molar-refractivity contribution is -0.121. The molecule has 6 heteroatoms. The van der Waals surface area contributed by atoms with Gasteiger partial charge in [0.15, 0.2) is 0 Å². The fourth-order valence-corrected chi connectivity index (χ4v) is 2.45. The molecule has 1 unspecified atom stereocenters. The molecule has 4 N–H and O–H groups in total. The molecule has 0 aliphatic carbocycles. The van der Waals surface area contributed by atoms with Gasteiger partial charge in [0, 0.05) is 32.7 Å². The predicted molar refractivity (Wildman–Crippen MR) is 78.4 cm³/mol. The molecule has 0 bridgehead atoms. The van der Waals surface area contributed by atoms with Crippen molar-refractivity contribution in [3.05, 3.63) is 23.8 Å². The van der Waals surface area contributed by atoms with Crippen molar-refractivity contribution in [3.63, 3.8) is 0 Å². The summed E-state index contributed by atoms with van der Waals surface area (Å²) in [6, 6.07) is 5.26. The molecule has 1 atom stereocenters. The highest BCUT2D eigenvalue weighted by Crippen LogP contribution is 2.24. The second kappa shape index (κ2) is 5.40. The number of anilines is 2. The second-order valence-corrected chi connectivity index (χ2v) is 5.31. The Morgan fingerprint density at radius 1 is 1.35 bits per heavy atom. The lowest BCUT2D eigenvalue weighted by Gasteiger charge is -2.19. The van der Waals surface area contributed by atoms with Gasteiger partial charge in [0.2, 0.25) is 5.91 Å². The summed E-state index contributed by atoms with van der Waals surface area (Å²) in [5.41, 5.74) is 13.2. The van der Waals surface area contributed by atoms with Crippen molar-refractivity contribution in [2.24, 2.45) is 11.7 Å². The molecule has 1 saturated heterocycles. The van der Waals surface area contributed by atoms with E-state index in [9.17, 15) is 9.59 Å². The molecule has 0 saturated carbocycles. The molecule has 108 valence electrons. The van der Waals surface area contributed by atoms with Crippen LogP contribution in [-0.2, 0) is 4.79 Å². The molecular formula is C14H20N4O2. The Hall–Kier alpha value is -2.24. The summed E-state index contributed by atoms with van der Waals surface area (Å²) >= 11 is 0. The summed E-state index contributed by atoms with van der Waals surface area (Å²) in [5.74, 6) is -0.689. The Morgan fingerprint density at radius 2 is 2.05 bits per heavy atom. The Bertz CT molecular complexity index is 542. The Kier molecular flexibility index (Phi) is 3.83. The molecule has 2 rings (SSSR count). The number of hydrogen-bond acceptors (Lipinski definition) is 4. The SMILES string of the molecule is CN(C)c1ccc(C(=O)N2CCC(C(N)=O)C2)cc1N. The summed E-state index contributed by atoms with van der Waals surface area (Å²) < 4.78 is 0. The number of carbonyl (C=O) groups is 2. The molecule has 1 heterocycles. The highest BCUT2D eigenvalue weighted by molar-refractivity contribution is 5.96. The first-order valence-corrected chi connectivity index (χ1v) is 6.55. The van der Waals surface area contributed by atoms with Crippen LogP contribution in [0.1, 0.15) is 16.8 Å². The van der Waals surface area contributed by atoms with E-state index in [2.05, 4.69) is 0 Å². The van der Waals surface area contributed by atoms with Gasteiger partial charge >= 0.3 is 0 Å². The van der Waals surface area contributed by atoms with Crippen LogP contribution in [0, 0.1) is 5.92 Å². The molecule has 20 heavy (non-hydrogen) atoms. The minimum absolute atomic E-state index is 0.106. The maximum Gasteiger partial charge on any atom is 0.253 e. The average molecular weight is 276 g/mol. The number of nitrogens with zero attached hydrogens (tertiary/aromatic N) is 2. The fraction of sp³-hybridized carbons (Fsp3) is 0.429. The van der Waals surface area contributed by atoms with Gasteiger partial charge in [-0.05, 0) is 24.6 Å². The third-order valence-electron chi connectivity index (χ3n) is 3.63. The lowest BCUT2D eigenvalue weighted by Crippen LogP contribution is -2.31. The highest BCUT2D eigenvalue weighted by Gasteiger charge is 2.30.